The summed E-state index contributed by atoms with van der Waals surface area (Å²) in [6.45, 7) is 0.307. The highest BCUT2D eigenvalue weighted by atomic mass is 35.5. The number of rotatable bonds is 4. The van der Waals surface area contributed by atoms with Gasteiger partial charge >= 0.3 is 6.01 Å². The molecule has 2 heterocycles. The number of hydrogen-bond donors (Lipinski definition) is 0. The van der Waals surface area contributed by atoms with E-state index < -0.39 is 27.8 Å². The van der Waals surface area contributed by atoms with E-state index in [-0.39, 0.29) is 29.0 Å². The summed E-state index contributed by atoms with van der Waals surface area (Å²) in [6, 6.07) is 3.22. The van der Waals surface area contributed by atoms with Crippen LogP contribution in [0.25, 0.3) is 0 Å². The summed E-state index contributed by atoms with van der Waals surface area (Å²) in [5.41, 5.74) is 0. The molecule has 3 rings (SSSR count). The van der Waals surface area contributed by atoms with Crippen LogP contribution in [0.5, 0.6) is 6.01 Å². The van der Waals surface area contributed by atoms with Crippen LogP contribution in [0.1, 0.15) is 6.42 Å². The van der Waals surface area contributed by atoms with E-state index in [1.165, 1.54) is 4.31 Å². The fraction of sp³-hybridized carbons (Fsp3) is 0.286. The maximum Gasteiger partial charge on any atom is 0.316 e. The van der Waals surface area contributed by atoms with Crippen LogP contribution in [-0.2, 0) is 10.0 Å². The van der Waals surface area contributed by atoms with Crippen molar-refractivity contribution in [2.45, 2.75) is 17.4 Å². The summed E-state index contributed by atoms with van der Waals surface area (Å²) in [4.78, 5) is 7.26. The van der Waals surface area contributed by atoms with Crippen molar-refractivity contribution in [3.8, 4) is 6.01 Å². The van der Waals surface area contributed by atoms with Crippen molar-refractivity contribution in [1.82, 2.24) is 14.3 Å². The van der Waals surface area contributed by atoms with Crippen molar-refractivity contribution < 1.29 is 21.9 Å². The third-order valence-electron chi connectivity index (χ3n) is 3.51. The topological polar surface area (TPSA) is 72.4 Å². The SMILES string of the molecule is O=S(=O)(c1ccc(F)c(Cl)c1)N1CCC(Oc2ncc(F)cn2)C1. The second-order valence-electron chi connectivity index (χ2n) is 5.15. The van der Waals surface area contributed by atoms with Gasteiger partial charge in [-0.2, -0.15) is 4.31 Å². The first-order chi connectivity index (χ1) is 11.4. The maximum atomic E-state index is 13.2. The van der Waals surface area contributed by atoms with Gasteiger partial charge in [0.25, 0.3) is 0 Å². The van der Waals surface area contributed by atoms with E-state index in [2.05, 4.69) is 9.97 Å². The Morgan fingerprint density at radius 3 is 2.62 bits per heavy atom. The van der Waals surface area contributed by atoms with Gasteiger partial charge in [0.05, 0.1) is 28.9 Å². The second kappa shape index (κ2) is 6.58. The Bertz CT molecular complexity index is 849. The van der Waals surface area contributed by atoms with Gasteiger partial charge in [0.1, 0.15) is 11.9 Å². The van der Waals surface area contributed by atoms with Crippen molar-refractivity contribution in [2.75, 3.05) is 13.1 Å². The van der Waals surface area contributed by atoms with Crippen molar-refractivity contribution >= 4 is 21.6 Å². The van der Waals surface area contributed by atoms with E-state index >= 15 is 0 Å². The molecule has 1 aliphatic rings. The van der Waals surface area contributed by atoms with E-state index in [0.717, 1.165) is 30.6 Å². The molecule has 0 bridgehead atoms. The smallest absolute Gasteiger partial charge is 0.316 e. The fourth-order valence-corrected chi connectivity index (χ4v) is 4.07. The summed E-state index contributed by atoms with van der Waals surface area (Å²) in [7, 11) is -3.81. The second-order valence-corrected chi connectivity index (χ2v) is 7.50. The number of hydrogen-bond acceptors (Lipinski definition) is 5. The molecule has 0 spiro atoms. The van der Waals surface area contributed by atoms with Crippen LogP contribution >= 0.6 is 11.6 Å². The zero-order valence-corrected chi connectivity index (χ0v) is 13.8. The molecule has 128 valence electrons. The summed E-state index contributed by atoms with van der Waals surface area (Å²) in [5, 5.41) is -0.261. The van der Waals surface area contributed by atoms with Gasteiger partial charge in [-0.25, -0.2) is 27.2 Å². The molecular weight excluding hydrogens is 364 g/mol. The molecule has 0 N–H and O–H groups in total. The third-order valence-corrected chi connectivity index (χ3v) is 5.66. The highest BCUT2D eigenvalue weighted by Crippen LogP contribution is 2.26. The molecule has 6 nitrogen and oxygen atoms in total. The summed E-state index contributed by atoms with van der Waals surface area (Å²) in [6.07, 6.45) is 1.90. The Morgan fingerprint density at radius 1 is 1.25 bits per heavy atom. The first-order valence-electron chi connectivity index (χ1n) is 6.95. The lowest BCUT2D eigenvalue weighted by molar-refractivity contribution is 0.197. The van der Waals surface area contributed by atoms with Gasteiger partial charge in [0, 0.05) is 6.54 Å². The number of ether oxygens (including phenoxy) is 1. The van der Waals surface area contributed by atoms with Crippen LogP contribution in [0.2, 0.25) is 5.02 Å². The van der Waals surface area contributed by atoms with Gasteiger partial charge in [-0.3, -0.25) is 0 Å². The van der Waals surface area contributed by atoms with E-state index in [0.29, 0.717) is 6.42 Å². The molecular formula is C14H12ClF2N3O3S. The normalized spacial score (nSPS) is 18.7. The average Bonchev–Trinajstić information content (AvgIpc) is 3.01. The molecule has 1 unspecified atom stereocenters. The van der Waals surface area contributed by atoms with Gasteiger partial charge in [0.2, 0.25) is 10.0 Å². The lowest BCUT2D eigenvalue weighted by Gasteiger charge is -2.17. The molecule has 1 fully saturated rings. The Kier molecular flexibility index (Phi) is 4.66. The summed E-state index contributed by atoms with van der Waals surface area (Å²) < 4.78 is 57.7. The predicted octanol–water partition coefficient (Wildman–Crippen LogP) is 2.25. The molecule has 0 amide bonds. The molecule has 24 heavy (non-hydrogen) atoms. The van der Waals surface area contributed by atoms with Gasteiger partial charge < -0.3 is 4.74 Å². The Hall–Kier alpha value is -1.84. The summed E-state index contributed by atoms with van der Waals surface area (Å²) in [5.74, 6) is -1.28. The fourth-order valence-electron chi connectivity index (χ4n) is 2.31. The average molecular weight is 376 g/mol. The molecule has 1 aromatic carbocycles. The molecule has 0 saturated carbocycles. The number of aromatic nitrogens is 2. The quantitative estimate of drug-likeness (QED) is 0.819. The van der Waals surface area contributed by atoms with E-state index in [4.69, 9.17) is 16.3 Å². The van der Waals surface area contributed by atoms with E-state index in [1.807, 2.05) is 0 Å². The zero-order chi connectivity index (χ0) is 17.3. The van der Waals surface area contributed by atoms with Crippen molar-refractivity contribution in [3.63, 3.8) is 0 Å². The van der Waals surface area contributed by atoms with E-state index in [9.17, 15) is 17.2 Å². The van der Waals surface area contributed by atoms with Gasteiger partial charge in [-0.05, 0) is 24.6 Å². The first kappa shape index (κ1) is 17.0. The van der Waals surface area contributed by atoms with Crippen LogP contribution in [0, 0.1) is 11.6 Å². The predicted molar refractivity (Wildman–Crippen MR) is 81.2 cm³/mol. The number of halogens is 3. The first-order valence-corrected chi connectivity index (χ1v) is 8.77. The Balaban J connectivity index is 1.72. The molecule has 1 atom stereocenters. The van der Waals surface area contributed by atoms with Crippen LogP contribution in [-0.4, -0.2) is 41.9 Å². The minimum Gasteiger partial charge on any atom is -0.459 e. The lowest BCUT2D eigenvalue weighted by atomic mass is 10.3. The Morgan fingerprint density at radius 2 is 1.96 bits per heavy atom. The highest BCUT2D eigenvalue weighted by Gasteiger charge is 2.34. The largest absolute Gasteiger partial charge is 0.459 e. The minimum atomic E-state index is -3.81. The van der Waals surface area contributed by atoms with Gasteiger partial charge in [-0.1, -0.05) is 11.6 Å². The van der Waals surface area contributed by atoms with Crippen molar-refractivity contribution in [1.29, 1.82) is 0 Å². The molecule has 0 radical (unpaired) electrons. The zero-order valence-electron chi connectivity index (χ0n) is 12.2. The van der Waals surface area contributed by atoms with Crippen LogP contribution in [0.3, 0.4) is 0 Å². The van der Waals surface area contributed by atoms with Crippen molar-refractivity contribution in [3.05, 3.63) is 47.2 Å². The number of benzene rings is 1. The number of nitrogens with zero attached hydrogens (tertiary/aromatic N) is 3. The lowest BCUT2D eigenvalue weighted by Crippen LogP contribution is -2.31. The molecule has 2 aromatic rings. The Labute approximate surface area is 142 Å². The highest BCUT2D eigenvalue weighted by molar-refractivity contribution is 7.89. The number of sulfonamides is 1. The monoisotopic (exact) mass is 375 g/mol. The van der Waals surface area contributed by atoms with E-state index in [1.54, 1.807) is 0 Å². The molecule has 1 aliphatic heterocycles. The molecule has 1 aromatic heterocycles. The standard InChI is InChI=1S/C14H12ClF2N3O3S/c15-12-5-11(1-2-13(12)17)24(21,22)20-4-3-10(8-20)23-14-18-6-9(16)7-19-14/h1-2,5-7,10H,3-4,8H2. The van der Waals surface area contributed by atoms with Gasteiger partial charge in [0.15, 0.2) is 5.82 Å². The minimum absolute atomic E-state index is 0.0227. The molecule has 1 saturated heterocycles. The summed E-state index contributed by atoms with van der Waals surface area (Å²) >= 11 is 5.65. The van der Waals surface area contributed by atoms with Crippen LogP contribution in [0.4, 0.5) is 8.78 Å². The molecule has 0 aliphatic carbocycles. The van der Waals surface area contributed by atoms with Crippen LogP contribution in [0.15, 0.2) is 35.5 Å². The maximum absolute atomic E-state index is 13.2. The van der Waals surface area contributed by atoms with Gasteiger partial charge in [-0.15, -0.1) is 0 Å². The third kappa shape index (κ3) is 3.47. The van der Waals surface area contributed by atoms with Crippen LogP contribution < -0.4 is 4.74 Å². The van der Waals surface area contributed by atoms with Crippen molar-refractivity contribution in [2.24, 2.45) is 0 Å². The molecule has 10 heteroatoms.